The van der Waals surface area contributed by atoms with Gasteiger partial charge in [-0.25, -0.2) is 0 Å². The van der Waals surface area contributed by atoms with Crippen LogP contribution in [0.2, 0.25) is 0 Å². The molecule has 0 radical (unpaired) electrons. The van der Waals surface area contributed by atoms with Crippen LogP contribution in [0.1, 0.15) is 245 Å². The molecule has 0 N–H and O–H groups in total. The molecular formula is C44H84O6. The van der Waals surface area contributed by atoms with E-state index in [1.807, 2.05) is 0 Å². The average molecular weight is 709 g/mol. The molecule has 0 fully saturated rings. The van der Waals surface area contributed by atoms with E-state index >= 15 is 0 Å². The van der Waals surface area contributed by atoms with E-state index in [4.69, 9.17) is 14.2 Å². The summed E-state index contributed by atoms with van der Waals surface area (Å²) in [6.07, 6.45) is 39.5. The molecule has 0 bridgehead atoms. The fraction of sp³-hybridized carbons (Fsp3) is 0.932. The number of ether oxygens (including phenoxy) is 3. The number of rotatable bonds is 40. The predicted octanol–water partition coefficient (Wildman–Crippen LogP) is 13.7. The van der Waals surface area contributed by atoms with Gasteiger partial charge in [-0.3, -0.25) is 14.4 Å². The van der Waals surface area contributed by atoms with Crippen LogP contribution in [0.15, 0.2) is 0 Å². The molecule has 0 aliphatic carbocycles. The summed E-state index contributed by atoms with van der Waals surface area (Å²) in [5.41, 5.74) is 0. The van der Waals surface area contributed by atoms with E-state index in [1.165, 1.54) is 148 Å². The second-order valence-corrected chi connectivity index (χ2v) is 15.0. The number of esters is 3. The highest BCUT2D eigenvalue weighted by molar-refractivity contribution is 5.71. The summed E-state index contributed by atoms with van der Waals surface area (Å²) in [6.45, 7) is 6.59. The van der Waals surface area contributed by atoms with Gasteiger partial charge in [0.2, 0.25) is 0 Å². The van der Waals surface area contributed by atoms with Gasteiger partial charge in [0.25, 0.3) is 0 Å². The van der Waals surface area contributed by atoms with Gasteiger partial charge in [0, 0.05) is 19.3 Å². The van der Waals surface area contributed by atoms with Crippen molar-refractivity contribution in [1.82, 2.24) is 0 Å². The fourth-order valence-corrected chi connectivity index (χ4v) is 6.50. The summed E-state index contributed by atoms with van der Waals surface area (Å²) in [5, 5.41) is 0. The first kappa shape index (κ1) is 48.4. The molecule has 6 nitrogen and oxygen atoms in total. The maximum absolute atomic E-state index is 12.6. The molecule has 0 spiro atoms. The lowest BCUT2D eigenvalue weighted by Crippen LogP contribution is -2.30. The Morgan fingerprint density at radius 1 is 0.320 bits per heavy atom. The van der Waals surface area contributed by atoms with Gasteiger partial charge in [-0.15, -0.1) is 0 Å². The molecule has 50 heavy (non-hydrogen) atoms. The minimum atomic E-state index is -0.756. The maximum Gasteiger partial charge on any atom is 0.306 e. The minimum absolute atomic E-state index is 0.0636. The molecule has 0 heterocycles. The van der Waals surface area contributed by atoms with Crippen LogP contribution < -0.4 is 0 Å². The Bertz CT molecular complexity index is 738. The van der Waals surface area contributed by atoms with Gasteiger partial charge in [0.15, 0.2) is 6.10 Å². The fourth-order valence-electron chi connectivity index (χ4n) is 6.50. The smallest absolute Gasteiger partial charge is 0.306 e. The molecular weight excluding hydrogens is 624 g/mol. The Morgan fingerprint density at radius 2 is 0.540 bits per heavy atom. The third kappa shape index (κ3) is 37.7. The monoisotopic (exact) mass is 709 g/mol. The van der Waals surface area contributed by atoms with Crippen molar-refractivity contribution in [2.24, 2.45) is 0 Å². The van der Waals surface area contributed by atoms with Gasteiger partial charge in [-0.1, -0.05) is 207 Å². The van der Waals surface area contributed by atoms with Gasteiger partial charge in [-0.05, 0) is 19.3 Å². The molecule has 0 aliphatic heterocycles. The van der Waals surface area contributed by atoms with Crippen molar-refractivity contribution < 1.29 is 28.6 Å². The molecule has 0 saturated heterocycles. The Hall–Kier alpha value is -1.59. The molecule has 0 aromatic carbocycles. The third-order valence-electron chi connectivity index (χ3n) is 9.86. The van der Waals surface area contributed by atoms with Gasteiger partial charge in [0.05, 0.1) is 0 Å². The van der Waals surface area contributed by atoms with Crippen LogP contribution in [-0.4, -0.2) is 37.2 Å². The summed E-state index contributed by atoms with van der Waals surface area (Å²) in [4.78, 5) is 37.5. The number of hydrogen-bond donors (Lipinski definition) is 0. The minimum Gasteiger partial charge on any atom is -0.462 e. The largest absolute Gasteiger partial charge is 0.462 e. The topological polar surface area (TPSA) is 78.9 Å². The van der Waals surface area contributed by atoms with Crippen LogP contribution in [0.4, 0.5) is 0 Å². The van der Waals surface area contributed by atoms with Crippen molar-refractivity contribution in [2.45, 2.75) is 252 Å². The second-order valence-electron chi connectivity index (χ2n) is 15.0. The van der Waals surface area contributed by atoms with Crippen molar-refractivity contribution in [3.8, 4) is 0 Å². The van der Waals surface area contributed by atoms with Crippen molar-refractivity contribution in [2.75, 3.05) is 13.2 Å². The van der Waals surface area contributed by atoms with Crippen molar-refractivity contribution in [3.63, 3.8) is 0 Å². The number of hydrogen-bond acceptors (Lipinski definition) is 6. The molecule has 296 valence electrons. The van der Waals surface area contributed by atoms with Crippen molar-refractivity contribution >= 4 is 17.9 Å². The molecule has 6 heteroatoms. The summed E-state index contributed by atoms with van der Waals surface area (Å²) in [7, 11) is 0. The molecule has 0 aliphatic rings. The first-order valence-electron chi connectivity index (χ1n) is 22.0. The Morgan fingerprint density at radius 3 is 0.800 bits per heavy atom. The van der Waals surface area contributed by atoms with E-state index in [0.29, 0.717) is 19.3 Å². The first-order valence-corrected chi connectivity index (χ1v) is 22.0. The third-order valence-corrected chi connectivity index (χ3v) is 9.86. The number of carbonyl (C=O) groups is 3. The summed E-state index contributed by atoms with van der Waals surface area (Å²) in [6, 6.07) is 0. The Kier molecular flexibility index (Phi) is 38.9. The van der Waals surface area contributed by atoms with Crippen LogP contribution in [0.25, 0.3) is 0 Å². The highest BCUT2D eigenvalue weighted by Gasteiger charge is 2.19. The lowest BCUT2D eigenvalue weighted by Gasteiger charge is -2.18. The van der Waals surface area contributed by atoms with Gasteiger partial charge < -0.3 is 14.2 Å². The van der Waals surface area contributed by atoms with E-state index < -0.39 is 6.10 Å². The Balaban J connectivity index is 4.23. The molecule has 0 rings (SSSR count). The van der Waals surface area contributed by atoms with E-state index in [1.54, 1.807) is 0 Å². The molecule has 1 atom stereocenters. The van der Waals surface area contributed by atoms with Crippen LogP contribution in [0.5, 0.6) is 0 Å². The lowest BCUT2D eigenvalue weighted by atomic mass is 10.0. The molecule has 0 aromatic rings. The zero-order valence-corrected chi connectivity index (χ0v) is 33.7. The highest BCUT2D eigenvalue weighted by Crippen LogP contribution is 2.15. The first-order chi connectivity index (χ1) is 24.5. The van der Waals surface area contributed by atoms with Crippen LogP contribution >= 0.6 is 0 Å². The lowest BCUT2D eigenvalue weighted by molar-refractivity contribution is -0.167. The van der Waals surface area contributed by atoms with Crippen LogP contribution in [-0.2, 0) is 28.6 Å². The average Bonchev–Trinajstić information content (AvgIpc) is 3.11. The molecule has 0 saturated carbocycles. The quantitative estimate of drug-likeness (QED) is 0.0358. The maximum atomic E-state index is 12.6. The standard InChI is InChI=1S/C44H84O6/c1-4-7-10-13-16-18-20-22-23-25-26-28-31-34-37-43(46)49-40-41(39-48-42(45)36-33-30-15-12-9-6-3)50-44(47)38-35-32-29-27-24-21-19-17-14-11-8-5-2/h41H,4-40H2,1-3H3. The molecule has 0 aromatic heterocycles. The molecule has 0 amide bonds. The van der Waals surface area contributed by atoms with E-state index in [9.17, 15) is 14.4 Å². The second kappa shape index (κ2) is 40.2. The van der Waals surface area contributed by atoms with Gasteiger partial charge in [-0.2, -0.15) is 0 Å². The zero-order chi connectivity index (χ0) is 36.6. The van der Waals surface area contributed by atoms with Gasteiger partial charge in [0.1, 0.15) is 13.2 Å². The van der Waals surface area contributed by atoms with E-state index in [2.05, 4.69) is 20.8 Å². The van der Waals surface area contributed by atoms with Crippen LogP contribution in [0, 0.1) is 0 Å². The summed E-state index contributed by atoms with van der Waals surface area (Å²) >= 11 is 0. The summed E-state index contributed by atoms with van der Waals surface area (Å²) in [5.74, 6) is -0.863. The van der Waals surface area contributed by atoms with Crippen molar-refractivity contribution in [3.05, 3.63) is 0 Å². The SMILES string of the molecule is CCCCCCCCCCCCCCCCC(=O)OCC(COC(=O)CCCCCCCC)OC(=O)CCCCCCCCCCCCCC. The number of unbranched alkanes of at least 4 members (excludes halogenated alkanes) is 29. The predicted molar refractivity (Wildman–Crippen MR) is 210 cm³/mol. The Labute approximate surface area is 310 Å². The van der Waals surface area contributed by atoms with E-state index in [-0.39, 0.29) is 31.1 Å². The normalized spacial score (nSPS) is 11.8. The number of carbonyl (C=O) groups excluding carboxylic acids is 3. The van der Waals surface area contributed by atoms with Crippen molar-refractivity contribution in [1.29, 1.82) is 0 Å². The zero-order valence-electron chi connectivity index (χ0n) is 33.7. The van der Waals surface area contributed by atoms with Gasteiger partial charge >= 0.3 is 17.9 Å². The van der Waals surface area contributed by atoms with Crippen LogP contribution in [0.3, 0.4) is 0 Å². The summed E-state index contributed by atoms with van der Waals surface area (Å²) < 4.78 is 16.6. The molecule has 1 unspecified atom stereocenters. The highest BCUT2D eigenvalue weighted by atomic mass is 16.6. The van der Waals surface area contributed by atoms with E-state index in [0.717, 1.165) is 57.8 Å².